The topological polar surface area (TPSA) is 73.2 Å². The maximum absolute atomic E-state index is 11.6. The van der Waals surface area contributed by atoms with E-state index in [4.69, 9.17) is 4.74 Å². The maximum atomic E-state index is 11.6. The first-order valence-corrected chi connectivity index (χ1v) is 6.98. The van der Waals surface area contributed by atoms with Crippen LogP contribution in [0.1, 0.15) is 19.5 Å². The largest absolute Gasteiger partial charge is 0.383 e. The molecule has 1 heterocycles. The van der Waals surface area contributed by atoms with Gasteiger partial charge in [0, 0.05) is 19.9 Å². The second-order valence-corrected chi connectivity index (χ2v) is 6.31. The maximum Gasteiger partial charge on any atom is 0.214 e. The highest BCUT2D eigenvalue weighted by Crippen LogP contribution is 2.02. The van der Waals surface area contributed by atoms with E-state index >= 15 is 0 Å². The summed E-state index contributed by atoms with van der Waals surface area (Å²) in [6, 6.07) is 0. The van der Waals surface area contributed by atoms with Crippen LogP contribution in [-0.4, -0.2) is 36.9 Å². The highest BCUT2D eigenvalue weighted by atomic mass is 32.2. The van der Waals surface area contributed by atoms with Crippen molar-refractivity contribution in [3.8, 4) is 0 Å². The van der Waals surface area contributed by atoms with Crippen LogP contribution >= 0.6 is 0 Å². The van der Waals surface area contributed by atoms with Gasteiger partial charge in [0.1, 0.15) is 0 Å². The predicted octanol–water partition coefficient (Wildman–Crippen LogP) is 0.357. The Morgan fingerprint density at radius 2 is 2.24 bits per heavy atom. The molecule has 0 saturated carbocycles. The molecule has 0 atom stereocenters. The molecule has 0 unspecified atom stereocenters. The number of methoxy groups -OCH3 is 1. The first kappa shape index (κ1) is 14.1. The van der Waals surface area contributed by atoms with Gasteiger partial charge in [0.25, 0.3) is 0 Å². The van der Waals surface area contributed by atoms with Crippen LogP contribution in [0.15, 0.2) is 12.5 Å². The number of nitrogens with zero attached hydrogens (tertiary/aromatic N) is 2. The van der Waals surface area contributed by atoms with Crippen LogP contribution in [0.4, 0.5) is 0 Å². The third-order valence-electron chi connectivity index (χ3n) is 2.41. The van der Waals surface area contributed by atoms with Crippen LogP contribution in [0, 0.1) is 0 Å². The van der Waals surface area contributed by atoms with Gasteiger partial charge in [0.05, 0.1) is 30.4 Å². The minimum Gasteiger partial charge on any atom is -0.383 e. The first-order chi connectivity index (χ1) is 7.97. The van der Waals surface area contributed by atoms with Crippen molar-refractivity contribution in [3.05, 3.63) is 18.2 Å². The highest BCUT2D eigenvalue weighted by molar-refractivity contribution is 7.90. The Bertz CT molecular complexity index is 439. The molecule has 0 aliphatic rings. The molecule has 0 aliphatic carbocycles. The quantitative estimate of drug-likeness (QED) is 0.769. The van der Waals surface area contributed by atoms with Gasteiger partial charge in [-0.3, -0.25) is 0 Å². The summed E-state index contributed by atoms with van der Waals surface area (Å²) in [6.45, 7) is 4.77. The van der Waals surface area contributed by atoms with Crippen molar-refractivity contribution in [3.63, 3.8) is 0 Å². The summed E-state index contributed by atoms with van der Waals surface area (Å²) in [7, 11) is -1.61. The molecule has 0 spiro atoms. The predicted molar refractivity (Wildman–Crippen MR) is 65.0 cm³/mol. The molecule has 7 heteroatoms. The Labute approximate surface area is 102 Å². The Balaban J connectivity index is 2.61. The zero-order chi connectivity index (χ0) is 12.9. The monoisotopic (exact) mass is 261 g/mol. The average molecular weight is 261 g/mol. The minimum atomic E-state index is -3.23. The molecule has 98 valence electrons. The fourth-order valence-electron chi connectivity index (χ4n) is 1.23. The molecule has 0 saturated heterocycles. The van der Waals surface area contributed by atoms with E-state index in [2.05, 4.69) is 9.71 Å². The van der Waals surface area contributed by atoms with Gasteiger partial charge in [-0.25, -0.2) is 18.1 Å². The Morgan fingerprint density at radius 1 is 1.53 bits per heavy atom. The number of aromatic nitrogens is 2. The third kappa shape index (κ3) is 4.10. The van der Waals surface area contributed by atoms with Crippen molar-refractivity contribution in [2.24, 2.45) is 0 Å². The molecule has 0 aliphatic heterocycles. The van der Waals surface area contributed by atoms with Crippen molar-refractivity contribution >= 4 is 10.0 Å². The summed E-state index contributed by atoms with van der Waals surface area (Å²) in [5.41, 5.74) is 0.825. The minimum absolute atomic E-state index is 0.254. The molecule has 0 radical (unpaired) electrons. The van der Waals surface area contributed by atoms with Crippen LogP contribution in [0.3, 0.4) is 0 Å². The lowest BCUT2D eigenvalue weighted by Crippen LogP contribution is -2.31. The SMILES string of the molecule is COCCn1cncc1CNS(=O)(=O)C(C)C. The lowest BCUT2D eigenvalue weighted by molar-refractivity contribution is 0.186. The van der Waals surface area contributed by atoms with E-state index in [0.717, 1.165) is 5.69 Å². The number of rotatable bonds is 7. The van der Waals surface area contributed by atoms with E-state index in [0.29, 0.717) is 13.2 Å². The summed E-state index contributed by atoms with van der Waals surface area (Å²) in [4.78, 5) is 3.99. The van der Waals surface area contributed by atoms with E-state index < -0.39 is 15.3 Å². The summed E-state index contributed by atoms with van der Waals surface area (Å²) >= 11 is 0. The van der Waals surface area contributed by atoms with Crippen molar-refractivity contribution < 1.29 is 13.2 Å². The van der Waals surface area contributed by atoms with E-state index in [-0.39, 0.29) is 6.54 Å². The molecule has 17 heavy (non-hydrogen) atoms. The van der Waals surface area contributed by atoms with E-state index in [1.54, 1.807) is 33.5 Å². The van der Waals surface area contributed by atoms with Crippen LogP contribution in [0.5, 0.6) is 0 Å². The molecular formula is C10H19N3O3S. The molecule has 0 bridgehead atoms. The normalized spacial score (nSPS) is 12.2. The van der Waals surface area contributed by atoms with Gasteiger partial charge in [-0.15, -0.1) is 0 Å². The summed E-state index contributed by atoms with van der Waals surface area (Å²) in [5.74, 6) is 0. The second kappa shape index (κ2) is 6.13. The molecule has 0 aromatic carbocycles. The van der Waals surface area contributed by atoms with Crippen molar-refractivity contribution in [2.75, 3.05) is 13.7 Å². The second-order valence-electron chi connectivity index (χ2n) is 3.99. The number of sulfonamides is 1. The van der Waals surface area contributed by atoms with Gasteiger partial charge in [-0.05, 0) is 13.8 Å². The Kier molecular flexibility index (Phi) is 5.10. The van der Waals surface area contributed by atoms with E-state index in [9.17, 15) is 8.42 Å². The fraction of sp³-hybridized carbons (Fsp3) is 0.700. The van der Waals surface area contributed by atoms with Gasteiger partial charge >= 0.3 is 0 Å². The zero-order valence-corrected chi connectivity index (χ0v) is 11.2. The molecule has 0 fully saturated rings. The van der Waals surface area contributed by atoms with E-state index in [1.807, 2.05) is 4.57 Å². The van der Waals surface area contributed by atoms with Crippen molar-refractivity contribution in [1.29, 1.82) is 0 Å². The molecule has 1 aromatic rings. The van der Waals surface area contributed by atoms with Gasteiger partial charge in [-0.2, -0.15) is 0 Å². The number of ether oxygens (including phenoxy) is 1. The zero-order valence-electron chi connectivity index (χ0n) is 10.4. The molecule has 0 amide bonds. The van der Waals surface area contributed by atoms with E-state index in [1.165, 1.54) is 0 Å². The molecule has 1 rings (SSSR count). The summed E-state index contributed by atoms with van der Waals surface area (Å²) in [6.07, 6.45) is 3.32. The van der Waals surface area contributed by atoms with Crippen molar-refractivity contribution in [1.82, 2.24) is 14.3 Å². The smallest absolute Gasteiger partial charge is 0.214 e. The van der Waals surface area contributed by atoms with Crippen LogP contribution in [-0.2, 0) is 27.8 Å². The van der Waals surface area contributed by atoms with Crippen LogP contribution < -0.4 is 4.72 Å². The standard InChI is InChI=1S/C10H19N3O3S/c1-9(2)17(14,15)12-7-10-6-11-8-13(10)4-5-16-3/h6,8-9,12H,4-5,7H2,1-3H3. The molecule has 1 aromatic heterocycles. The van der Waals surface area contributed by atoms with Crippen LogP contribution in [0.25, 0.3) is 0 Å². The lowest BCUT2D eigenvalue weighted by atomic mass is 10.4. The number of imidazole rings is 1. The van der Waals surface area contributed by atoms with Gasteiger partial charge in [0.15, 0.2) is 0 Å². The van der Waals surface area contributed by atoms with Crippen LogP contribution in [0.2, 0.25) is 0 Å². The first-order valence-electron chi connectivity index (χ1n) is 5.43. The molecule has 1 N–H and O–H groups in total. The van der Waals surface area contributed by atoms with Crippen molar-refractivity contribution in [2.45, 2.75) is 32.2 Å². The molecular weight excluding hydrogens is 242 g/mol. The summed E-state index contributed by atoms with van der Waals surface area (Å²) in [5, 5.41) is -0.433. The summed E-state index contributed by atoms with van der Waals surface area (Å²) < 4.78 is 32.6. The fourth-order valence-corrected chi connectivity index (χ4v) is 1.91. The Hall–Kier alpha value is -0.920. The van der Waals surface area contributed by atoms with Gasteiger partial charge < -0.3 is 9.30 Å². The number of hydrogen-bond acceptors (Lipinski definition) is 4. The van der Waals surface area contributed by atoms with Gasteiger partial charge in [0.2, 0.25) is 10.0 Å². The van der Waals surface area contributed by atoms with Gasteiger partial charge in [-0.1, -0.05) is 0 Å². The number of nitrogens with one attached hydrogen (secondary N) is 1. The highest BCUT2D eigenvalue weighted by Gasteiger charge is 2.15. The third-order valence-corrected chi connectivity index (χ3v) is 4.20. The molecule has 6 nitrogen and oxygen atoms in total. The average Bonchev–Trinajstić information content (AvgIpc) is 2.71. The lowest BCUT2D eigenvalue weighted by Gasteiger charge is -2.11. The Morgan fingerprint density at radius 3 is 2.82 bits per heavy atom. The number of hydrogen-bond donors (Lipinski definition) is 1.